The highest BCUT2D eigenvalue weighted by Gasteiger charge is 2.28. The summed E-state index contributed by atoms with van der Waals surface area (Å²) in [7, 11) is 0. The highest BCUT2D eigenvalue weighted by Crippen LogP contribution is 2.28. The topological polar surface area (TPSA) is 9.23 Å². The molecule has 0 bridgehead atoms. The van der Waals surface area contributed by atoms with E-state index >= 15 is 0 Å². The van der Waals surface area contributed by atoms with Gasteiger partial charge in [0.05, 0.1) is 6.61 Å². The molecule has 0 saturated carbocycles. The second-order valence-electron chi connectivity index (χ2n) is 4.60. The van der Waals surface area contributed by atoms with Crippen molar-refractivity contribution in [3.63, 3.8) is 0 Å². The van der Waals surface area contributed by atoms with Gasteiger partial charge >= 0.3 is 6.36 Å². The Morgan fingerprint density at radius 3 is 1.95 bits per heavy atom. The van der Waals surface area contributed by atoms with Crippen LogP contribution in [0.4, 0.5) is 13.2 Å². The molecule has 0 amide bonds. The van der Waals surface area contributed by atoms with Gasteiger partial charge in [0.15, 0.2) is 0 Å². The summed E-state index contributed by atoms with van der Waals surface area (Å²) in [5, 5.41) is 0. The van der Waals surface area contributed by atoms with Gasteiger partial charge in [0, 0.05) is 9.79 Å². The molecular formula is C16H15F3OS. The van der Waals surface area contributed by atoms with Crippen LogP contribution < -0.4 is 0 Å². The quantitative estimate of drug-likeness (QED) is 0.748. The molecule has 0 aromatic heterocycles. The molecule has 0 unspecified atom stereocenters. The Morgan fingerprint density at radius 2 is 1.43 bits per heavy atom. The normalized spacial score (nSPS) is 11.6. The summed E-state index contributed by atoms with van der Waals surface area (Å²) in [5.41, 5.74) is 2.03. The van der Waals surface area contributed by atoms with Crippen molar-refractivity contribution in [2.24, 2.45) is 0 Å². The van der Waals surface area contributed by atoms with Crippen molar-refractivity contribution >= 4 is 11.8 Å². The van der Waals surface area contributed by atoms with Crippen LogP contribution in [0.3, 0.4) is 0 Å². The zero-order valence-electron chi connectivity index (χ0n) is 11.5. The van der Waals surface area contributed by atoms with E-state index in [1.54, 1.807) is 11.8 Å². The first-order valence-electron chi connectivity index (χ1n) is 6.46. The van der Waals surface area contributed by atoms with E-state index in [9.17, 15) is 13.2 Å². The molecule has 5 heteroatoms. The van der Waals surface area contributed by atoms with E-state index in [4.69, 9.17) is 0 Å². The first-order valence-corrected chi connectivity index (χ1v) is 7.28. The number of hydrogen-bond donors (Lipinski definition) is 0. The Bertz CT molecular complexity index is 562. The lowest BCUT2D eigenvalue weighted by molar-refractivity contribution is -0.324. The Kier molecular flexibility index (Phi) is 5.31. The number of hydrogen-bond acceptors (Lipinski definition) is 2. The lowest BCUT2D eigenvalue weighted by Crippen LogP contribution is -2.15. The maximum atomic E-state index is 11.9. The fraction of sp³-hybridized carbons (Fsp3) is 0.250. The van der Waals surface area contributed by atoms with Gasteiger partial charge in [0.1, 0.15) is 0 Å². The summed E-state index contributed by atoms with van der Waals surface area (Å²) in [6.07, 6.45) is -4.31. The lowest BCUT2D eigenvalue weighted by atomic mass is 10.2. The minimum Gasteiger partial charge on any atom is -0.292 e. The molecule has 1 nitrogen and oxygen atoms in total. The van der Waals surface area contributed by atoms with E-state index in [2.05, 4.69) is 4.74 Å². The molecule has 0 spiro atoms. The standard InChI is InChI=1S/C16H15F3OS/c1-12-2-6-14(7-3-12)21-15-8-4-13(5-9-15)10-11-20-16(17,18)19/h2-9H,10-11H2,1H3. The van der Waals surface area contributed by atoms with Gasteiger partial charge in [-0.15, -0.1) is 13.2 Å². The van der Waals surface area contributed by atoms with Gasteiger partial charge < -0.3 is 0 Å². The van der Waals surface area contributed by atoms with Crippen molar-refractivity contribution in [1.82, 2.24) is 0 Å². The number of halogens is 3. The maximum Gasteiger partial charge on any atom is 0.522 e. The van der Waals surface area contributed by atoms with Gasteiger partial charge in [-0.1, -0.05) is 41.6 Å². The molecule has 112 valence electrons. The SMILES string of the molecule is Cc1ccc(Sc2ccc(CCOC(F)(F)F)cc2)cc1. The molecule has 2 aromatic carbocycles. The Morgan fingerprint density at radius 1 is 0.905 bits per heavy atom. The largest absolute Gasteiger partial charge is 0.522 e. The second kappa shape index (κ2) is 7.00. The van der Waals surface area contributed by atoms with E-state index in [1.165, 1.54) is 5.56 Å². The van der Waals surface area contributed by atoms with Gasteiger partial charge in [0.25, 0.3) is 0 Å². The Labute approximate surface area is 126 Å². The van der Waals surface area contributed by atoms with E-state index < -0.39 is 6.36 Å². The van der Waals surface area contributed by atoms with Gasteiger partial charge in [-0.25, -0.2) is 0 Å². The third-order valence-corrected chi connectivity index (χ3v) is 3.85. The second-order valence-corrected chi connectivity index (χ2v) is 5.75. The van der Waals surface area contributed by atoms with Crippen LogP contribution in [-0.2, 0) is 11.2 Å². The lowest BCUT2D eigenvalue weighted by Gasteiger charge is -2.08. The molecule has 2 rings (SSSR count). The summed E-state index contributed by atoms with van der Waals surface area (Å²) in [6, 6.07) is 15.7. The molecule has 0 heterocycles. The fourth-order valence-electron chi connectivity index (χ4n) is 1.75. The summed E-state index contributed by atoms with van der Waals surface area (Å²) in [4.78, 5) is 2.19. The number of aryl methyl sites for hydroxylation is 1. The molecular weight excluding hydrogens is 297 g/mol. The van der Waals surface area contributed by atoms with Gasteiger partial charge in [-0.2, -0.15) is 0 Å². The van der Waals surface area contributed by atoms with Crippen molar-refractivity contribution in [2.75, 3.05) is 6.61 Å². The molecule has 0 fully saturated rings. The Hall–Kier alpha value is -1.46. The highest BCUT2D eigenvalue weighted by molar-refractivity contribution is 7.99. The summed E-state index contributed by atoms with van der Waals surface area (Å²) in [6.45, 7) is 1.68. The summed E-state index contributed by atoms with van der Waals surface area (Å²) in [5.74, 6) is 0. The van der Waals surface area contributed by atoms with Crippen LogP contribution in [-0.4, -0.2) is 13.0 Å². The van der Waals surface area contributed by atoms with Crippen molar-refractivity contribution in [3.05, 3.63) is 59.7 Å². The van der Waals surface area contributed by atoms with Crippen molar-refractivity contribution < 1.29 is 17.9 Å². The monoisotopic (exact) mass is 312 g/mol. The van der Waals surface area contributed by atoms with Crippen LogP contribution in [0.15, 0.2) is 58.3 Å². The van der Waals surface area contributed by atoms with Crippen LogP contribution >= 0.6 is 11.8 Å². The molecule has 0 aliphatic rings. The summed E-state index contributed by atoms with van der Waals surface area (Å²) < 4.78 is 39.4. The maximum absolute atomic E-state index is 11.9. The molecule has 0 aliphatic carbocycles. The number of rotatable bonds is 5. The number of alkyl halides is 3. The molecule has 2 aromatic rings. The predicted molar refractivity (Wildman–Crippen MR) is 77.5 cm³/mol. The minimum atomic E-state index is -4.55. The predicted octanol–water partition coefficient (Wildman–Crippen LogP) is 5.23. The van der Waals surface area contributed by atoms with Crippen LogP contribution in [0.2, 0.25) is 0 Å². The fourth-order valence-corrected chi connectivity index (χ4v) is 2.57. The highest BCUT2D eigenvalue weighted by atomic mass is 32.2. The van der Waals surface area contributed by atoms with Crippen molar-refractivity contribution in [3.8, 4) is 0 Å². The molecule has 0 radical (unpaired) electrons. The first kappa shape index (κ1) is 15.9. The smallest absolute Gasteiger partial charge is 0.292 e. The first-order chi connectivity index (χ1) is 9.92. The van der Waals surface area contributed by atoms with Crippen molar-refractivity contribution in [1.29, 1.82) is 0 Å². The van der Waals surface area contributed by atoms with Crippen LogP contribution in [0.5, 0.6) is 0 Å². The third kappa shape index (κ3) is 5.81. The number of benzene rings is 2. The van der Waals surface area contributed by atoms with Crippen molar-refractivity contribution in [2.45, 2.75) is 29.5 Å². The van der Waals surface area contributed by atoms with Gasteiger partial charge in [-0.05, 0) is 43.2 Å². The number of ether oxygens (including phenoxy) is 1. The molecule has 21 heavy (non-hydrogen) atoms. The third-order valence-electron chi connectivity index (χ3n) is 2.84. The van der Waals surface area contributed by atoms with E-state index in [0.29, 0.717) is 0 Å². The van der Waals surface area contributed by atoms with E-state index in [-0.39, 0.29) is 13.0 Å². The minimum absolute atomic E-state index is 0.245. The van der Waals surface area contributed by atoms with E-state index in [0.717, 1.165) is 15.4 Å². The van der Waals surface area contributed by atoms with Gasteiger partial charge in [-0.3, -0.25) is 4.74 Å². The average Bonchev–Trinajstić information content (AvgIpc) is 2.42. The van der Waals surface area contributed by atoms with E-state index in [1.807, 2.05) is 55.5 Å². The molecule has 0 aliphatic heterocycles. The molecule has 0 N–H and O–H groups in total. The average molecular weight is 312 g/mol. The van der Waals surface area contributed by atoms with Crippen LogP contribution in [0.1, 0.15) is 11.1 Å². The zero-order chi connectivity index (χ0) is 15.3. The Balaban J connectivity index is 1.88. The zero-order valence-corrected chi connectivity index (χ0v) is 12.3. The van der Waals surface area contributed by atoms with Crippen LogP contribution in [0, 0.1) is 6.92 Å². The molecule has 0 saturated heterocycles. The molecule has 0 atom stereocenters. The van der Waals surface area contributed by atoms with Crippen LogP contribution in [0.25, 0.3) is 0 Å². The van der Waals surface area contributed by atoms with Gasteiger partial charge in [0.2, 0.25) is 0 Å². The summed E-state index contributed by atoms with van der Waals surface area (Å²) >= 11 is 1.62.